The predicted molar refractivity (Wildman–Crippen MR) is 104 cm³/mol. The zero-order valence-electron chi connectivity index (χ0n) is 15.6. The lowest BCUT2D eigenvalue weighted by molar-refractivity contribution is -0.0367. The molecule has 0 spiro atoms. The molecule has 8 nitrogen and oxygen atoms in total. The molecule has 1 fully saturated rings. The van der Waals surface area contributed by atoms with Crippen LogP contribution in [0.4, 0.5) is 0 Å². The molecule has 0 bridgehead atoms. The van der Waals surface area contributed by atoms with Crippen molar-refractivity contribution in [2.45, 2.75) is 51.2 Å². The van der Waals surface area contributed by atoms with Gasteiger partial charge < -0.3 is 19.9 Å². The summed E-state index contributed by atoms with van der Waals surface area (Å²) in [5.74, 6) is 1.05. The van der Waals surface area contributed by atoms with E-state index in [0.29, 0.717) is 30.1 Å². The summed E-state index contributed by atoms with van der Waals surface area (Å²) >= 11 is 0. The first-order valence-corrected chi connectivity index (χ1v) is 11.8. The van der Waals surface area contributed by atoms with Gasteiger partial charge in [-0.25, -0.2) is 9.97 Å². The number of rotatable bonds is 5. The first kappa shape index (κ1) is 19.3. The molecule has 0 amide bonds. The average Bonchev–Trinajstić information content (AvgIpc) is 3.04. The fourth-order valence-electron chi connectivity index (χ4n) is 3.31. The SMILES string of the molecule is C=P(C)(C)CCC1OC(n2c(CC)nc3c(=O)[nH]c(C)nc32)[C@H](O)[C@@H]1O. The van der Waals surface area contributed by atoms with Gasteiger partial charge in [0.2, 0.25) is 0 Å². The van der Waals surface area contributed by atoms with E-state index in [-0.39, 0.29) is 11.1 Å². The second kappa shape index (κ2) is 6.93. The number of fused-ring (bicyclic) bond motifs is 1. The van der Waals surface area contributed by atoms with Gasteiger partial charge in [-0.1, -0.05) is 6.92 Å². The number of hydrogen-bond donors (Lipinski definition) is 3. The number of nitrogens with one attached hydrogen (secondary N) is 1. The van der Waals surface area contributed by atoms with Gasteiger partial charge in [-0.15, -0.1) is 13.2 Å². The van der Waals surface area contributed by atoms with E-state index in [4.69, 9.17) is 4.74 Å². The third-order valence-electron chi connectivity index (χ3n) is 4.67. The number of aliphatic hydroxyl groups is 2. The summed E-state index contributed by atoms with van der Waals surface area (Å²) < 4.78 is 7.67. The zero-order chi connectivity index (χ0) is 19.2. The van der Waals surface area contributed by atoms with Gasteiger partial charge in [-0.3, -0.25) is 9.36 Å². The molecule has 2 aromatic heterocycles. The van der Waals surface area contributed by atoms with Crippen molar-refractivity contribution in [2.24, 2.45) is 0 Å². The van der Waals surface area contributed by atoms with Crippen LogP contribution in [0.25, 0.3) is 11.2 Å². The highest BCUT2D eigenvalue weighted by atomic mass is 31.2. The summed E-state index contributed by atoms with van der Waals surface area (Å²) in [5, 5.41) is 21.1. The van der Waals surface area contributed by atoms with E-state index in [0.717, 1.165) is 6.16 Å². The zero-order valence-corrected chi connectivity index (χ0v) is 16.5. The number of hydrogen-bond acceptors (Lipinski definition) is 6. The van der Waals surface area contributed by atoms with Gasteiger partial charge in [0.15, 0.2) is 17.4 Å². The molecule has 1 saturated heterocycles. The van der Waals surface area contributed by atoms with Gasteiger partial charge in [0.25, 0.3) is 5.56 Å². The summed E-state index contributed by atoms with van der Waals surface area (Å²) in [7, 11) is 0. The van der Waals surface area contributed by atoms with Gasteiger partial charge in [0.05, 0.1) is 6.10 Å². The lowest BCUT2D eigenvalue weighted by Crippen LogP contribution is -2.32. The van der Waals surface area contributed by atoms with Gasteiger partial charge in [-0.2, -0.15) is 0 Å². The van der Waals surface area contributed by atoms with Gasteiger partial charge >= 0.3 is 0 Å². The van der Waals surface area contributed by atoms with Crippen molar-refractivity contribution in [3.8, 4) is 0 Å². The van der Waals surface area contributed by atoms with Crippen LogP contribution in [0.15, 0.2) is 4.79 Å². The topological polar surface area (TPSA) is 113 Å². The summed E-state index contributed by atoms with van der Waals surface area (Å²) in [4.78, 5) is 23.6. The number of aromatic amines is 1. The molecule has 144 valence electrons. The molecule has 3 heterocycles. The molecule has 0 aromatic carbocycles. The summed E-state index contributed by atoms with van der Waals surface area (Å²) in [5.41, 5.74) is 0.255. The fraction of sp³-hybridized carbons (Fsp3) is 0.647. The number of aryl methyl sites for hydroxylation is 2. The Hall–Kier alpha value is -1.47. The van der Waals surface area contributed by atoms with Crippen molar-refractivity contribution in [1.82, 2.24) is 19.5 Å². The molecule has 1 aliphatic heterocycles. The van der Waals surface area contributed by atoms with Crippen molar-refractivity contribution in [3.63, 3.8) is 0 Å². The largest absolute Gasteiger partial charge is 0.388 e. The van der Waals surface area contributed by atoms with E-state index in [2.05, 4.69) is 34.6 Å². The van der Waals surface area contributed by atoms with Crippen molar-refractivity contribution < 1.29 is 14.9 Å². The highest BCUT2D eigenvalue weighted by molar-refractivity contribution is 7.72. The molecule has 0 aliphatic carbocycles. The predicted octanol–water partition coefficient (Wildman–Crippen LogP) is 0.709. The van der Waals surface area contributed by atoms with Gasteiger partial charge in [0.1, 0.15) is 23.9 Å². The highest BCUT2D eigenvalue weighted by Gasteiger charge is 2.44. The van der Waals surface area contributed by atoms with Crippen LogP contribution in [0.3, 0.4) is 0 Å². The molecular formula is C17H27N4O4P. The van der Waals surface area contributed by atoms with E-state index < -0.39 is 31.4 Å². The fourth-order valence-corrected chi connectivity index (χ4v) is 4.27. The quantitative estimate of drug-likeness (QED) is 0.657. The smallest absolute Gasteiger partial charge is 0.279 e. The molecular weight excluding hydrogens is 355 g/mol. The summed E-state index contributed by atoms with van der Waals surface area (Å²) in [6, 6.07) is 0. The molecule has 3 rings (SSSR count). The van der Waals surface area contributed by atoms with Crippen molar-refractivity contribution in [1.29, 1.82) is 0 Å². The van der Waals surface area contributed by atoms with Crippen LogP contribution in [0, 0.1) is 6.92 Å². The maximum Gasteiger partial charge on any atom is 0.279 e. The minimum atomic E-state index is -1.26. The summed E-state index contributed by atoms with van der Waals surface area (Å²) in [6.07, 6.45) is 2.78. The van der Waals surface area contributed by atoms with Gasteiger partial charge in [-0.05, 0) is 32.8 Å². The first-order chi connectivity index (χ1) is 12.1. The molecule has 2 aromatic rings. The van der Waals surface area contributed by atoms with E-state index in [1.165, 1.54) is 0 Å². The Morgan fingerprint density at radius 1 is 1.31 bits per heavy atom. The number of aromatic nitrogens is 4. The Morgan fingerprint density at radius 2 is 2.00 bits per heavy atom. The number of aliphatic hydroxyl groups excluding tert-OH is 2. The number of ether oxygens (including phenoxy) is 1. The van der Waals surface area contributed by atoms with Crippen LogP contribution >= 0.6 is 6.89 Å². The van der Waals surface area contributed by atoms with Crippen LogP contribution < -0.4 is 5.56 Å². The van der Waals surface area contributed by atoms with Crippen molar-refractivity contribution in [2.75, 3.05) is 19.5 Å². The lowest BCUT2D eigenvalue weighted by atomic mass is 10.1. The second-order valence-electron chi connectivity index (χ2n) is 7.57. The molecule has 3 N–H and O–H groups in total. The minimum absolute atomic E-state index is 0.214. The molecule has 0 saturated carbocycles. The van der Waals surface area contributed by atoms with E-state index >= 15 is 0 Å². The molecule has 2 unspecified atom stereocenters. The molecule has 1 aliphatic rings. The number of H-pyrrole nitrogens is 1. The molecule has 9 heteroatoms. The first-order valence-electron chi connectivity index (χ1n) is 8.79. The summed E-state index contributed by atoms with van der Waals surface area (Å²) in [6.45, 7) is 6.58. The van der Waals surface area contributed by atoms with Crippen LogP contribution in [0.2, 0.25) is 0 Å². The Morgan fingerprint density at radius 3 is 2.62 bits per heavy atom. The molecule has 26 heavy (non-hydrogen) atoms. The Kier molecular flexibility index (Phi) is 5.14. The Labute approximate surface area is 152 Å². The van der Waals surface area contributed by atoms with Gasteiger partial charge in [0, 0.05) is 6.42 Å². The Balaban J connectivity index is 2.01. The van der Waals surface area contributed by atoms with Crippen LogP contribution in [0.1, 0.15) is 31.2 Å². The van der Waals surface area contributed by atoms with E-state index in [1.807, 2.05) is 6.92 Å². The highest BCUT2D eigenvalue weighted by Crippen LogP contribution is 2.40. The normalized spacial score (nSPS) is 26.7. The monoisotopic (exact) mass is 382 g/mol. The van der Waals surface area contributed by atoms with E-state index in [1.54, 1.807) is 11.5 Å². The van der Waals surface area contributed by atoms with Crippen molar-refractivity contribution >= 4 is 24.3 Å². The maximum absolute atomic E-state index is 12.2. The maximum atomic E-state index is 12.2. The van der Waals surface area contributed by atoms with Crippen molar-refractivity contribution in [3.05, 3.63) is 22.0 Å². The molecule has 0 radical (unpaired) electrons. The van der Waals surface area contributed by atoms with Crippen LogP contribution in [-0.4, -0.2) is 73.8 Å². The number of imidazole rings is 1. The van der Waals surface area contributed by atoms with Crippen LogP contribution in [-0.2, 0) is 11.2 Å². The second-order valence-corrected chi connectivity index (χ2v) is 11.9. The minimum Gasteiger partial charge on any atom is -0.388 e. The molecule has 4 atom stereocenters. The number of nitrogens with zero attached hydrogens (tertiary/aromatic N) is 3. The average molecular weight is 382 g/mol. The standard InChI is InChI=1S/C17H27N4O4P/c1-6-11-20-12-15(18-9(2)19-16(12)24)21(11)17-14(23)13(22)10(25-17)7-8-26(3,4)5/h10,13-14,17,22-23H,3,6-8H2,1-2,4-5H3,(H,18,19,24)/t10?,13-,14-,17?/m1/s1. The third-order valence-corrected chi connectivity index (χ3v) is 6.14. The van der Waals surface area contributed by atoms with E-state index in [9.17, 15) is 15.0 Å². The van der Waals surface area contributed by atoms with Crippen LogP contribution in [0.5, 0.6) is 0 Å². The lowest BCUT2D eigenvalue weighted by Gasteiger charge is -2.19. The Bertz CT molecular complexity index is 915. The third kappa shape index (κ3) is 3.51.